The molecule has 1 atom stereocenters. The van der Waals surface area contributed by atoms with E-state index >= 15 is 0 Å². The largest absolute Gasteiger partial charge is 0.387 e. The van der Waals surface area contributed by atoms with Gasteiger partial charge < -0.3 is 16.5 Å². The van der Waals surface area contributed by atoms with Crippen LogP contribution in [0.4, 0.5) is 11.4 Å². The molecule has 2 aromatic rings. The van der Waals surface area contributed by atoms with Crippen molar-refractivity contribution in [3.8, 4) is 0 Å². The molecule has 138 valence electrons. The second-order valence-corrected chi connectivity index (χ2v) is 6.82. The van der Waals surface area contributed by atoms with Gasteiger partial charge in [0.15, 0.2) is 5.78 Å². The predicted octanol–water partition coefficient (Wildman–Crippen LogP) is 2.96. The highest BCUT2D eigenvalue weighted by molar-refractivity contribution is 6.07. The lowest BCUT2D eigenvalue weighted by Crippen LogP contribution is -2.26. The maximum atomic E-state index is 12.9. The monoisotopic (exact) mass is 363 g/mol. The van der Waals surface area contributed by atoms with Gasteiger partial charge in [0.2, 0.25) is 0 Å². The van der Waals surface area contributed by atoms with E-state index in [1.54, 1.807) is 4.68 Å². The van der Waals surface area contributed by atoms with E-state index in [9.17, 15) is 9.70 Å². The molecule has 2 heterocycles. The maximum absolute atomic E-state index is 12.9. The molecule has 4 rings (SSSR count). The number of aromatic nitrogens is 1. The Morgan fingerprint density at radius 3 is 2.78 bits per heavy atom. The Labute approximate surface area is 156 Å². The molecule has 0 spiro atoms. The number of hydrogen-bond acceptors (Lipinski definition) is 6. The first-order valence-corrected chi connectivity index (χ1v) is 8.96. The van der Waals surface area contributed by atoms with Crippen LogP contribution in [0, 0.1) is 10.8 Å². The van der Waals surface area contributed by atoms with Crippen LogP contribution in [0.3, 0.4) is 0 Å². The predicted molar refractivity (Wildman–Crippen MR) is 106 cm³/mol. The topological polar surface area (TPSA) is 102 Å². The van der Waals surface area contributed by atoms with E-state index < -0.39 is 0 Å². The van der Waals surface area contributed by atoms with Crippen LogP contribution in [0.1, 0.15) is 28.2 Å². The van der Waals surface area contributed by atoms with Crippen molar-refractivity contribution in [2.75, 3.05) is 24.2 Å². The van der Waals surface area contributed by atoms with Crippen molar-refractivity contribution in [2.24, 2.45) is 11.1 Å². The van der Waals surface area contributed by atoms with Gasteiger partial charge in [-0.15, -0.1) is 0 Å². The second-order valence-electron chi connectivity index (χ2n) is 6.82. The summed E-state index contributed by atoms with van der Waals surface area (Å²) in [6.07, 6.45) is 6.71. The van der Waals surface area contributed by atoms with E-state index in [1.165, 1.54) is 0 Å². The molecule has 0 amide bonds. The van der Waals surface area contributed by atoms with Crippen LogP contribution >= 0.6 is 0 Å². The molecule has 7 heteroatoms. The molecule has 1 aromatic heterocycles. The summed E-state index contributed by atoms with van der Waals surface area (Å²) in [5.74, 6) is 6.34. The van der Waals surface area contributed by atoms with E-state index in [0.29, 0.717) is 24.9 Å². The number of nitrogens with two attached hydrogens (primary N) is 1. The lowest BCUT2D eigenvalue weighted by Gasteiger charge is -2.20. The van der Waals surface area contributed by atoms with Gasteiger partial charge in [0, 0.05) is 24.2 Å². The Balaban J connectivity index is 1.86. The van der Waals surface area contributed by atoms with Crippen molar-refractivity contribution in [2.45, 2.75) is 12.8 Å². The van der Waals surface area contributed by atoms with E-state index in [1.807, 2.05) is 48.7 Å². The highest BCUT2D eigenvalue weighted by Crippen LogP contribution is 2.40. The summed E-state index contributed by atoms with van der Waals surface area (Å²) in [7, 11) is 0. The van der Waals surface area contributed by atoms with E-state index in [0.717, 1.165) is 28.3 Å². The van der Waals surface area contributed by atoms with Gasteiger partial charge in [-0.1, -0.05) is 29.5 Å². The first-order valence-electron chi connectivity index (χ1n) is 8.96. The number of dihydropyridines is 1. The number of nitrogens with one attached hydrogen (secondary N) is 2. The van der Waals surface area contributed by atoms with E-state index in [-0.39, 0.29) is 18.2 Å². The van der Waals surface area contributed by atoms with Gasteiger partial charge in [0.05, 0.1) is 29.2 Å². The van der Waals surface area contributed by atoms with Gasteiger partial charge in [-0.25, -0.2) is 0 Å². The molecular formula is C20H21N5O2. The zero-order valence-electron chi connectivity index (χ0n) is 14.8. The molecule has 4 N–H and O–H groups in total. The Kier molecular flexibility index (Phi) is 4.50. The molecule has 0 saturated heterocycles. The molecule has 7 nitrogen and oxygen atoms in total. The van der Waals surface area contributed by atoms with Crippen molar-refractivity contribution < 1.29 is 4.79 Å². The Hall–Kier alpha value is -3.35. The SMILES string of the molecule is Nn1c2c(c(Nc3ccccc3)c1C1=CCNC=C1)C(=O)CC(CN=O)C2. The maximum Gasteiger partial charge on any atom is 0.167 e. The summed E-state index contributed by atoms with van der Waals surface area (Å²) < 4.78 is 1.59. The summed E-state index contributed by atoms with van der Waals surface area (Å²) in [5.41, 5.74) is 4.69. The molecule has 0 radical (unpaired) electrons. The highest BCUT2D eigenvalue weighted by Gasteiger charge is 2.34. The summed E-state index contributed by atoms with van der Waals surface area (Å²) in [6.45, 7) is 0.817. The zero-order chi connectivity index (χ0) is 18.8. The Morgan fingerprint density at radius 2 is 2.07 bits per heavy atom. The molecule has 1 unspecified atom stereocenters. The number of anilines is 2. The molecule has 0 bridgehead atoms. The average molecular weight is 363 g/mol. The molecule has 1 aliphatic carbocycles. The number of allylic oxidation sites excluding steroid dienone is 2. The van der Waals surface area contributed by atoms with Gasteiger partial charge in [-0.2, -0.15) is 4.91 Å². The van der Waals surface area contributed by atoms with Gasteiger partial charge in [-0.05, 0) is 36.7 Å². The van der Waals surface area contributed by atoms with E-state index in [4.69, 9.17) is 5.84 Å². The Bertz CT molecular complexity index is 943. The number of rotatable bonds is 5. The van der Waals surface area contributed by atoms with Crippen molar-refractivity contribution in [1.82, 2.24) is 9.99 Å². The van der Waals surface area contributed by atoms with Gasteiger partial charge >= 0.3 is 0 Å². The lowest BCUT2D eigenvalue weighted by molar-refractivity contribution is 0.0950. The number of para-hydroxylation sites is 1. The number of nitrogen functional groups attached to an aromatic ring is 1. The zero-order valence-corrected chi connectivity index (χ0v) is 14.8. The number of fused-ring (bicyclic) bond motifs is 1. The fraction of sp³-hybridized carbons (Fsp3) is 0.250. The third-order valence-electron chi connectivity index (χ3n) is 5.01. The summed E-state index contributed by atoms with van der Waals surface area (Å²) in [4.78, 5) is 23.6. The molecule has 0 fully saturated rings. The number of ketones is 1. The van der Waals surface area contributed by atoms with E-state index in [2.05, 4.69) is 15.8 Å². The van der Waals surface area contributed by atoms with Crippen LogP contribution < -0.4 is 16.5 Å². The minimum absolute atomic E-state index is 0.00713. The molecule has 2 aliphatic rings. The van der Waals surface area contributed by atoms with Crippen molar-refractivity contribution in [1.29, 1.82) is 0 Å². The minimum Gasteiger partial charge on any atom is -0.387 e. The Morgan fingerprint density at radius 1 is 1.26 bits per heavy atom. The van der Waals surface area contributed by atoms with Gasteiger partial charge in [0.1, 0.15) is 0 Å². The standard InChI is InChI=1S/C20H21N5O2/c21-25-16-10-13(12-23-27)11-17(26)18(16)19(24-15-4-2-1-3-5-15)20(25)14-6-8-22-9-7-14/h1-8,13,22,24H,9-12,21H2. The molecule has 27 heavy (non-hydrogen) atoms. The highest BCUT2D eigenvalue weighted by atomic mass is 16.3. The van der Waals surface area contributed by atoms with Gasteiger partial charge in [-0.3, -0.25) is 9.47 Å². The number of nitroso groups, excluding NO2 is 1. The number of carbonyl (C=O) groups is 1. The second kappa shape index (κ2) is 7.11. The number of benzene rings is 1. The van der Waals surface area contributed by atoms with Crippen LogP contribution in [0.5, 0.6) is 0 Å². The fourth-order valence-corrected chi connectivity index (χ4v) is 3.78. The normalized spacial score (nSPS) is 18.4. The fourth-order valence-electron chi connectivity index (χ4n) is 3.78. The van der Waals surface area contributed by atoms with Crippen molar-refractivity contribution >= 4 is 22.7 Å². The molecule has 1 aromatic carbocycles. The summed E-state index contributed by atoms with van der Waals surface area (Å²) in [5, 5.41) is 9.50. The van der Waals surface area contributed by atoms with Gasteiger partial charge in [0.25, 0.3) is 0 Å². The third kappa shape index (κ3) is 3.12. The van der Waals surface area contributed by atoms with Crippen LogP contribution in [-0.4, -0.2) is 23.5 Å². The number of nitrogens with zero attached hydrogens (tertiary/aromatic N) is 2. The number of Topliss-reactive ketones (excluding diaryl/α,β-unsaturated/α-hetero) is 1. The first-order chi connectivity index (χ1) is 13.2. The third-order valence-corrected chi connectivity index (χ3v) is 5.01. The van der Waals surface area contributed by atoms with Crippen LogP contribution in [-0.2, 0) is 6.42 Å². The van der Waals surface area contributed by atoms with Crippen LogP contribution in [0.15, 0.2) is 53.9 Å². The van der Waals surface area contributed by atoms with Crippen molar-refractivity contribution in [3.05, 3.63) is 70.5 Å². The minimum atomic E-state index is -0.102. The average Bonchev–Trinajstić information content (AvgIpc) is 2.96. The first kappa shape index (κ1) is 17.1. The quantitative estimate of drug-likeness (QED) is 0.560. The number of carbonyl (C=O) groups excluding carboxylic acids is 1. The smallest absolute Gasteiger partial charge is 0.167 e. The lowest BCUT2D eigenvalue weighted by atomic mass is 9.86. The molecule has 0 saturated carbocycles. The summed E-state index contributed by atoms with van der Waals surface area (Å²) >= 11 is 0. The summed E-state index contributed by atoms with van der Waals surface area (Å²) in [6, 6.07) is 9.71. The molecule has 1 aliphatic heterocycles. The van der Waals surface area contributed by atoms with Crippen molar-refractivity contribution in [3.63, 3.8) is 0 Å². The van der Waals surface area contributed by atoms with Crippen LogP contribution in [0.2, 0.25) is 0 Å². The number of hydrogen-bond donors (Lipinski definition) is 3. The van der Waals surface area contributed by atoms with Crippen LogP contribution in [0.25, 0.3) is 5.57 Å². The molecular weight excluding hydrogens is 342 g/mol.